The summed E-state index contributed by atoms with van der Waals surface area (Å²) in [7, 11) is 0. The molecular weight excluding hydrogens is 284 g/mol. The van der Waals surface area contributed by atoms with Crippen molar-refractivity contribution in [1.29, 1.82) is 0 Å². The van der Waals surface area contributed by atoms with Crippen molar-refractivity contribution in [3.05, 3.63) is 11.1 Å². The molecule has 1 N–H and O–H groups in total. The molecule has 0 aliphatic carbocycles. The molecule has 5 heteroatoms. The molecule has 120 valence electrons. The highest BCUT2D eigenvalue weighted by Crippen LogP contribution is 2.30. The molecule has 0 saturated heterocycles. The zero-order chi connectivity index (χ0) is 16.3. The number of hydrogen-bond donors (Lipinski definition) is 1. The predicted molar refractivity (Wildman–Crippen MR) is 88.9 cm³/mol. The Hall–Kier alpha value is -1.10. The topological polar surface area (TPSA) is 51.2 Å². The molecule has 0 radical (unpaired) electrons. The summed E-state index contributed by atoms with van der Waals surface area (Å²) in [6.45, 7) is 15.7. The number of carbonyl (C=O) groups excluding carboxylic acids is 1. The Kier molecular flexibility index (Phi) is 5.79. The van der Waals surface area contributed by atoms with Crippen molar-refractivity contribution in [2.75, 3.05) is 18.5 Å². The Morgan fingerprint density at radius 1 is 1.38 bits per heavy atom. The van der Waals surface area contributed by atoms with E-state index in [4.69, 9.17) is 4.74 Å². The summed E-state index contributed by atoms with van der Waals surface area (Å²) in [6.07, 6.45) is 0. The third-order valence-corrected chi connectivity index (χ3v) is 4.99. The van der Waals surface area contributed by atoms with E-state index in [0.717, 1.165) is 17.4 Å². The second-order valence-corrected chi connectivity index (χ2v) is 7.74. The molecule has 0 atom stereocenters. The van der Waals surface area contributed by atoms with Gasteiger partial charge in [0.05, 0.1) is 12.3 Å². The number of nitrogens with one attached hydrogen (secondary N) is 1. The van der Waals surface area contributed by atoms with Gasteiger partial charge in [-0.2, -0.15) is 0 Å². The van der Waals surface area contributed by atoms with Crippen LogP contribution in [0, 0.1) is 11.3 Å². The van der Waals surface area contributed by atoms with Gasteiger partial charge in [0.25, 0.3) is 0 Å². The zero-order valence-corrected chi connectivity index (χ0v) is 15.1. The number of anilines is 1. The third kappa shape index (κ3) is 4.43. The van der Waals surface area contributed by atoms with Crippen molar-refractivity contribution in [1.82, 2.24) is 4.98 Å². The lowest BCUT2D eigenvalue weighted by molar-refractivity contribution is -0.148. The van der Waals surface area contributed by atoms with E-state index in [9.17, 15) is 4.79 Å². The van der Waals surface area contributed by atoms with Crippen molar-refractivity contribution in [2.45, 2.75) is 53.9 Å². The van der Waals surface area contributed by atoms with E-state index in [1.165, 1.54) is 11.3 Å². The molecule has 1 rings (SSSR count). The standard InChI is InChI=1S/C16H28N2O2S/c1-8-20-13(19)16(6,7)12-9-21-14(18-12)17-10-15(4,5)11(2)3/h9,11H,8,10H2,1-7H3,(H,17,18). The fourth-order valence-corrected chi connectivity index (χ4v) is 2.44. The number of aromatic nitrogens is 1. The van der Waals surface area contributed by atoms with Gasteiger partial charge in [-0.05, 0) is 32.1 Å². The van der Waals surface area contributed by atoms with Crippen LogP contribution in [0.5, 0.6) is 0 Å². The Labute approximate surface area is 132 Å². The number of carbonyl (C=O) groups is 1. The SMILES string of the molecule is CCOC(=O)C(C)(C)c1csc(NCC(C)(C)C(C)C)n1. The van der Waals surface area contributed by atoms with Crippen LogP contribution in [0.25, 0.3) is 0 Å². The summed E-state index contributed by atoms with van der Waals surface area (Å²) in [5.74, 6) is 0.352. The molecule has 0 aliphatic heterocycles. The van der Waals surface area contributed by atoms with Crippen molar-refractivity contribution in [3.63, 3.8) is 0 Å². The first-order valence-corrected chi connectivity index (χ1v) is 8.36. The average molecular weight is 312 g/mol. The highest BCUT2D eigenvalue weighted by atomic mass is 32.1. The molecule has 1 heterocycles. The summed E-state index contributed by atoms with van der Waals surface area (Å²) in [4.78, 5) is 16.6. The van der Waals surface area contributed by atoms with Crippen LogP contribution in [0.2, 0.25) is 0 Å². The van der Waals surface area contributed by atoms with Gasteiger partial charge in [-0.25, -0.2) is 4.98 Å². The van der Waals surface area contributed by atoms with Crippen molar-refractivity contribution >= 4 is 22.4 Å². The fourth-order valence-electron chi connectivity index (χ4n) is 1.57. The summed E-state index contributed by atoms with van der Waals surface area (Å²) >= 11 is 1.53. The van der Waals surface area contributed by atoms with Crippen LogP contribution < -0.4 is 5.32 Å². The first-order chi connectivity index (χ1) is 9.61. The Bertz CT molecular complexity index is 478. The molecule has 0 bridgehead atoms. The molecular formula is C16H28N2O2S. The first-order valence-electron chi connectivity index (χ1n) is 7.48. The maximum Gasteiger partial charge on any atom is 0.317 e. The number of esters is 1. The van der Waals surface area contributed by atoms with E-state index in [2.05, 4.69) is 38.0 Å². The second-order valence-electron chi connectivity index (χ2n) is 6.88. The normalized spacial score (nSPS) is 12.6. The van der Waals surface area contributed by atoms with Gasteiger partial charge in [0.1, 0.15) is 5.41 Å². The summed E-state index contributed by atoms with van der Waals surface area (Å²) in [5.41, 5.74) is 0.249. The lowest BCUT2D eigenvalue weighted by atomic mass is 9.81. The van der Waals surface area contributed by atoms with E-state index >= 15 is 0 Å². The van der Waals surface area contributed by atoms with Gasteiger partial charge in [0.15, 0.2) is 5.13 Å². The molecule has 0 saturated carbocycles. The fraction of sp³-hybridized carbons (Fsp3) is 0.750. The Morgan fingerprint density at radius 3 is 2.52 bits per heavy atom. The Morgan fingerprint density at radius 2 is 2.00 bits per heavy atom. The van der Waals surface area contributed by atoms with E-state index < -0.39 is 5.41 Å². The molecule has 0 amide bonds. The van der Waals surface area contributed by atoms with E-state index in [1.807, 2.05) is 26.2 Å². The molecule has 4 nitrogen and oxygen atoms in total. The minimum Gasteiger partial charge on any atom is -0.465 e. The van der Waals surface area contributed by atoms with Gasteiger partial charge in [-0.15, -0.1) is 11.3 Å². The van der Waals surface area contributed by atoms with Crippen LogP contribution in [-0.4, -0.2) is 24.1 Å². The molecule has 0 unspecified atom stereocenters. The van der Waals surface area contributed by atoms with Gasteiger partial charge in [-0.1, -0.05) is 27.7 Å². The predicted octanol–water partition coefficient (Wildman–Crippen LogP) is 4.08. The van der Waals surface area contributed by atoms with Crippen LogP contribution in [-0.2, 0) is 14.9 Å². The second kappa shape index (κ2) is 6.77. The summed E-state index contributed by atoms with van der Waals surface area (Å²) in [5, 5.41) is 6.17. The van der Waals surface area contributed by atoms with E-state index in [1.54, 1.807) is 0 Å². The number of nitrogens with zero attached hydrogens (tertiary/aromatic N) is 1. The van der Waals surface area contributed by atoms with Gasteiger partial charge in [-0.3, -0.25) is 4.79 Å². The molecule has 0 spiro atoms. The molecule has 1 aromatic rings. The minimum atomic E-state index is -0.708. The highest BCUT2D eigenvalue weighted by Gasteiger charge is 2.34. The van der Waals surface area contributed by atoms with E-state index in [-0.39, 0.29) is 11.4 Å². The first kappa shape index (κ1) is 18.0. The van der Waals surface area contributed by atoms with E-state index in [0.29, 0.717) is 12.5 Å². The van der Waals surface area contributed by atoms with Crippen LogP contribution in [0.3, 0.4) is 0 Å². The van der Waals surface area contributed by atoms with Gasteiger partial charge in [0.2, 0.25) is 0 Å². The number of ether oxygens (including phenoxy) is 1. The van der Waals surface area contributed by atoms with Gasteiger partial charge in [0, 0.05) is 11.9 Å². The number of hydrogen-bond acceptors (Lipinski definition) is 5. The molecule has 0 fully saturated rings. The molecule has 1 aromatic heterocycles. The monoisotopic (exact) mass is 312 g/mol. The lowest BCUT2D eigenvalue weighted by Gasteiger charge is -2.29. The smallest absolute Gasteiger partial charge is 0.317 e. The summed E-state index contributed by atoms with van der Waals surface area (Å²) < 4.78 is 5.12. The maximum atomic E-state index is 12.0. The van der Waals surface area contributed by atoms with Crippen LogP contribution in [0.15, 0.2) is 5.38 Å². The maximum absolute atomic E-state index is 12.0. The van der Waals surface area contributed by atoms with Crippen molar-refractivity contribution < 1.29 is 9.53 Å². The number of rotatable bonds is 7. The van der Waals surface area contributed by atoms with Crippen LogP contribution in [0.1, 0.15) is 54.2 Å². The lowest BCUT2D eigenvalue weighted by Crippen LogP contribution is -2.31. The van der Waals surface area contributed by atoms with Crippen molar-refractivity contribution in [2.24, 2.45) is 11.3 Å². The Balaban J connectivity index is 2.75. The summed E-state index contributed by atoms with van der Waals surface area (Å²) in [6, 6.07) is 0. The zero-order valence-electron chi connectivity index (χ0n) is 14.2. The van der Waals surface area contributed by atoms with Crippen LogP contribution >= 0.6 is 11.3 Å². The van der Waals surface area contributed by atoms with Crippen LogP contribution in [0.4, 0.5) is 5.13 Å². The largest absolute Gasteiger partial charge is 0.465 e. The average Bonchev–Trinajstić information content (AvgIpc) is 2.86. The molecule has 0 aromatic carbocycles. The van der Waals surface area contributed by atoms with Crippen molar-refractivity contribution in [3.8, 4) is 0 Å². The van der Waals surface area contributed by atoms with Gasteiger partial charge < -0.3 is 10.1 Å². The third-order valence-electron chi connectivity index (χ3n) is 4.19. The van der Waals surface area contributed by atoms with Gasteiger partial charge >= 0.3 is 5.97 Å². The minimum absolute atomic E-state index is 0.197. The number of thiazole rings is 1. The highest BCUT2D eigenvalue weighted by molar-refractivity contribution is 7.13. The molecule has 21 heavy (non-hydrogen) atoms. The molecule has 0 aliphatic rings. The quantitative estimate of drug-likeness (QED) is 0.771.